The molecule has 0 saturated heterocycles. The van der Waals surface area contributed by atoms with E-state index < -0.39 is 0 Å². The number of aryl methyl sites for hydroxylation is 1. The van der Waals surface area contributed by atoms with Crippen molar-refractivity contribution in [3.05, 3.63) is 47.5 Å². The molecule has 1 aliphatic heterocycles. The van der Waals surface area contributed by atoms with E-state index in [1.54, 1.807) is 6.20 Å². The van der Waals surface area contributed by atoms with Crippen molar-refractivity contribution in [3.63, 3.8) is 0 Å². The van der Waals surface area contributed by atoms with E-state index in [0.717, 1.165) is 36.7 Å². The Balaban J connectivity index is 1.95. The molecular formula is C14H17N3O. The Kier molecular flexibility index (Phi) is 2.80. The van der Waals surface area contributed by atoms with Crippen LogP contribution in [0.2, 0.25) is 0 Å². The lowest BCUT2D eigenvalue weighted by molar-refractivity contribution is 0.357. The van der Waals surface area contributed by atoms with Crippen molar-refractivity contribution in [1.82, 2.24) is 9.55 Å². The molecule has 1 aliphatic rings. The maximum atomic E-state index is 6.31. The molecule has 0 fully saturated rings. The van der Waals surface area contributed by atoms with Gasteiger partial charge in [-0.25, -0.2) is 4.98 Å². The highest BCUT2D eigenvalue weighted by Crippen LogP contribution is 2.29. The number of hydrogen-bond donors (Lipinski definition) is 1. The molecular weight excluding hydrogens is 226 g/mol. The Hall–Kier alpha value is -1.81. The van der Waals surface area contributed by atoms with Crippen LogP contribution in [0.3, 0.4) is 0 Å². The van der Waals surface area contributed by atoms with Crippen molar-refractivity contribution in [2.24, 2.45) is 5.73 Å². The SMILES string of the molecule is CCn1ccnc1C(N)c1ccc2c(c1)CCO2. The summed E-state index contributed by atoms with van der Waals surface area (Å²) < 4.78 is 7.58. The lowest BCUT2D eigenvalue weighted by atomic mass is 10.0. The van der Waals surface area contributed by atoms with Gasteiger partial charge in [-0.15, -0.1) is 0 Å². The highest BCUT2D eigenvalue weighted by atomic mass is 16.5. The van der Waals surface area contributed by atoms with Gasteiger partial charge in [-0.3, -0.25) is 0 Å². The molecule has 1 atom stereocenters. The fourth-order valence-corrected chi connectivity index (χ4v) is 2.42. The normalized spacial score (nSPS) is 15.2. The lowest BCUT2D eigenvalue weighted by Gasteiger charge is -2.14. The maximum Gasteiger partial charge on any atom is 0.130 e. The molecule has 0 bridgehead atoms. The van der Waals surface area contributed by atoms with Gasteiger partial charge in [0.2, 0.25) is 0 Å². The second-order valence-corrected chi connectivity index (χ2v) is 4.51. The van der Waals surface area contributed by atoms with Crippen LogP contribution in [0.25, 0.3) is 0 Å². The van der Waals surface area contributed by atoms with Crippen molar-refractivity contribution >= 4 is 0 Å². The number of hydrogen-bond acceptors (Lipinski definition) is 3. The molecule has 2 heterocycles. The first-order valence-electron chi connectivity index (χ1n) is 6.32. The van der Waals surface area contributed by atoms with E-state index in [-0.39, 0.29) is 6.04 Å². The summed E-state index contributed by atoms with van der Waals surface area (Å²) in [4.78, 5) is 4.36. The van der Waals surface area contributed by atoms with Gasteiger partial charge in [-0.05, 0) is 30.2 Å². The van der Waals surface area contributed by atoms with Gasteiger partial charge in [-0.2, -0.15) is 0 Å². The van der Waals surface area contributed by atoms with Crippen molar-refractivity contribution in [1.29, 1.82) is 0 Å². The molecule has 0 amide bonds. The minimum absolute atomic E-state index is 0.175. The Morgan fingerprint density at radius 3 is 3.22 bits per heavy atom. The van der Waals surface area contributed by atoms with Gasteiger partial charge in [0, 0.05) is 25.4 Å². The highest BCUT2D eigenvalue weighted by Gasteiger charge is 2.18. The number of imidazole rings is 1. The zero-order valence-electron chi connectivity index (χ0n) is 10.5. The van der Waals surface area contributed by atoms with Crippen LogP contribution in [-0.4, -0.2) is 16.2 Å². The van der Waals surface area contributed by atoms with Gasteiger partial charge >= 0.3 is 0 Å². The summed E-state index contributed by atoms with van der Waals surface area (Å²) in [7, 11) is 0. The molecule has 18 heavy (non-hydrogen) atoms. The molecule has 0 aliphatic carbocycles. The van der Waals surface area contributed by atoms with Crippen LogP contribution in [0.5, 0.6) is 5.75 Å². The van der Waals surface area contributed by atoms with Crippen LogP contribution in [0, 0.1) is 0 Å². The second kappa shape index (κ2) is 4.46. The number of rotatable bonds is 3. The molecule has 1 aromatic heterocycles. The summed E-state index contributed by atoms with van der Waals surface area (Å²) >= 11 is 0. The first kappa shape index (κ1) is 11.3. The summed E-state index contributed by atoms with van der Waals surface area (Å²) in [5, 5.41) is 0. The van der Waals surface area contributed by atoms with Crippen LogP contribution in [0.15, 0.2) is 30.6 Å². The Labute approximate surface area is 106 Å². The standard InChI is InChI=1S/C14H17N3O/c1-2-17-7-6-16-14(17)13(15)11-3-4-12-10(9-11)5-8-18-12/h3-4,6-7,9,13H,2,5,8,15H2,1H3. The minimum Gasteiger partial charge on any atom is -0.493 e. The van der Waals surface area contributed by atoms with E-state index in [2.05, 4.69) is 22.5 Å². The number of aromatic nitrogens is 2. The van der Waals surface area contributed by atoms with Crippen LogP contribution < -0.4 is 10.5 Å². The fourth-order valence-electron chi connectivity index (χ4n) is 2.42. The van der Waals surface area contributed by atoms with Gasteiger partial charge < -0.3 is 15.0 Å². The van der Waals surface area contributed by atoms with E-state index in [1.807, 2.05) is 18.3 Å². The molecule has 2 aromatic rings. The first-order valence-corrected chi connectivity index (χ1v) is 6.32. The molecule has 4 nitrogen and oxygen atoms in total. The predicted molar refractivity (Wildman–Crippen MR) is 69.6 cm³/mol. The van der Waals surface area contributed by atoms with E-state index in [9.17, 15) is 0 Å². The quantitative estimate of drug-likeness (QED) is 0.895. The largest absolute Gasteiger partial charge is 0.493 e. The van der Waals surface area contributed by atoms with Crippen LogP contribution in [0.4, 0.5) is 0 Å². The first-order chi connectivity index (χ1) is 8.79. The van der Waals surface area contributed by atoms with Crippen molar-refractivity contribution < 1.29 is 4.74 Å². The molecule has 0 radical (unpaired) electrons. The number of nitrogens with zero attached hydrogens (tertiary/aromatic N) is 2. The number of benzene rings is 1. The second-order valence-electron chi connectivity index (χ2n) is 4.51. The van der Waals surface area contributed by atoms with Gasteiger partial charge in [-0.1, -0.05) is 6.07 Å². The smallest absolute Gasteiger partial charge is 0.130 e. The van der Waals surface area contributed by atoms with Crippen LogP contribution in [0.1, 0.15) is 29.9 Å². The predicted octanol–water partition coefficient (Wildman–Crippen LogP) is 1.89. The molecule has 4 heteroatoms. The topological polar surface area (TPSA) is 53.1 Å². The zero-order valence-corrected chi connectivity index (χ0v) is 10.5. The average Bonchev–Trinajstić information content (AvgIpc) is 3.05. The van der Waals surface area contributed by atoms with Gasteiger partial charge in [0.25, 0.3) is 0 Å². The molecule has 2 N–H and O–H groups in total. The van der Waals surface area contributed by atoms with E-state index >= 15 is 0 Å². The molecule has 0 spiro atoms. The molecule has 1 aromatic carbocycles. The summed E-state index contributed by atoms with van der Waals surface area (Å²) in [6.07, 6.45) is 4.74. The highest BCUT2D eigenvalue weighted by molar-refractivity contribution is 5.41. The van der Waals surface area contributed by atoms with Crippen molar-refractivity contribution in [3.8, 4) is 5.75 Å². The number of nitrogens with two attached hydrogens (primary N) is 1. The third kappa shape index (κ3) is 1.78. The Morgan fingerprint density at radius 1 is 1.50 bits per heavy atom. The third-order valence-corrected chi connectivity index (χ3v) is 3.44. The minimum atomic E-state index is -0.175. The Morgan fingerprint density at radius 2 is 2.39 bits per heavy atom. The summed E-state index contributed by atoms with van der Waals surface area (Å²) in [5.41, 5.74) is 8.65. The summed E-state index contributed by atoms with van der Waals surface area (Å²) in [6, 6.07) is 6.01. The van der Waals surface area contributed by atoms with Crippen molar-refractivity contribution in [2.45, 2.75) is 25.9 Å². The van der Waals surface area contributed by atoms with Crippen LogP contribution >= 0.6 is 0 Å². The summed E-state index contributed by atoms with van der Waals surface area (Å²) in [6.45, 7) is 3.75. The fraction of sp³-hybridized carbons (Fsp3) is 0.357. The molecule has 94 valence electrons. The average molecular weight is 243 g/mol. The Bertz CT molecular complexity index is 562. The molecule has 1 unspecified atom stereocenters. The maximum absolute atomic E-state index is 6.31. The third-order valence-electron chi connectivity index (χ3n) is 3.44. The van der Waals surface area contributed by atoms with E-state index in [4.69, 9.17) is 10.5 Å². The molecule has 0 saturated carbocycles. The zero-order chi connectivity index (χ0) is 12.5. The van der Waals surface area contributed by atoms with Gasteiger partial charge in [0.05, 0.1) is 12.6 Å². The van der Waals surface area contributed by atoms with Crippen molar-refractivity contribution in [2.75, 3.05) is 6.61 Å². The van der Waals surface area contributed by atoms with Gasteiger partial charge in [0.1, 0.15) is 11.6 Å². The lowest BCUT2D eigenvalue weighted by Crippen LogP contribution is -2.17. The summed E-state index contributed by atoms with van der Waals surface area (Å²) in [5.74, 6) is 1.90. The van der Waals surface area contributed by atoms with E-state index in [0.29, 0.717) is 0 Å². The number of ether oxygens (including phenoxy) is 1. The van der Waals surface area contributed by atoms with Gasteiger partial charge in [0.15, 0.2) is 0 Å². The monoisotopic (exact) mass is 243 g/mol. The molecule has 3 rings (SSSR count). The number of fused-ring (bicyclic) bond motifs is 1. The van der Waals surface area contributed by atoms with E-state index in [1.165, 1.54) is 5.56 Å². The van der Waals surface area contributed by atoms with Crippen LogP contribution in [-0.2, 0) is 13.0 Å².